The summed E-state index contributed by atoms with van der Waals surface area (Å²) < 4.78 is 15.2. The summed E-state index contributed by atoms with van der Waals surface area (Å²) in [6.45, 7) is 7.99. The van der Waals surface area contributed by atoms with Crippen LogP contribution in [-0.2, 0) is 11.4 Å². The van der Waals surface area contributed by atoms with Gasteiger partial charge < -0.3 is 4.55 Å². The fourth-order valence-electron chi connectivity index (χ4n) is 2.02. The first kappa shape index (κ1) is 17.3. The fourth-order valence-corrected chi connectivity index (χ4v) is 3.44. The van der Waals surface area contributed by atoms with E-state index in [9.17, 15) is 4.55 Å². The van der Waals surface area contributed by atoms with Crippen molar-refractivity contribution in [2.45, 2.75) is 38.5 Å². The van der Waals surface area contributed by atoms with Gasteiger partial charge in [0.15, 0.2) is 0 Å². The van der Waals surface area contributed by atoms with Crippen molar-refractivity contribution in [1.82, 2.24) is 4.72 Å². The molecule has 2 aromatic rings. The zero-order valence-corrected chi connectivity index (χ0v) is 15.1. The van der Waals surface area contributed by atoms with Crippen LogP contribution >= 0.6 is 11.3 Å². The van der Waals surface area contributed by atoms with E-state index in [0.717, 1.165) is 11.1 Å². The van der Waals surface area contributed by atoms with Gasteiger partial charge in [0.05, 0.1) is 6.04 Å². The molecule has 0 spiro atoms. The predicted octanol–water partition coefficient (Wildman–Crippen LogP) is 5.03. The van der Waals surface area contributed by atoms with Gasteiger partial charge in [-0.25, -0.2) is 0 Å². The second-order valence-electron chi connectivity index (χ2n) is 6.20. The first-order chi connectivity index (χ1) is 10.4. The van der Waals surface area contributed by atoms with Crippen molar-refractivity contribution in [3.05, 3.63) is 57.8 Å². The van der Waals surface area contributed by atoms with Gasteiger partial charge in [-0.3, -0.25) is 0 Å². The van der Waals surface area contributed by atoms with Gasteiger partial charge in [0.25, 0.3) is 0 Å². The van der Waals surface area contributed by atoms with Crippen LogP contribution in [0, 0.1) is 0 Å². The second-order valence-corrected chi connectivity index (χ2v) is 9.18. The monoisotopic (exact) mass is 333 g/mol. The highest BCUT2D eigenvalue weighted by Crippen LogP contribution is 2.24. The third-order valence-electron chi connectivity index (χ3n) is 3.27. The molecule has 4 heteroatoms. The summed E-state index contributed by atoms with van der Waals surface area (Å²) in [5, 5.41) is 2.07. The van der Waals surface area contributed by atoms with Crippen LogP contribution in [0.15, 0.2) is 41.8 Å². The van der Waals surface area contributed by atoms with Crippen molar-refractivity contribution in [2.75, 3.05) is 0 Å². The Morgan fingerprint density at radius 2 is 1.86 bits per heavy atom. The fraction of sp³-hybridized carbons (Fsp3) is 0.333. The summed E-state index contributed by atoms with van der Waals surface area (Å²) >= 11 is 0.638. The molecule has 0 saturated carbocycles. The van der Waals surface area contributed by atoms with E-state index in [0.29, 0.717) is 0 Å². The molecule has 2 rings (SSSR count). The Hall–Kier alpha value is -1.07. The quantitative estimate of drug-likeness (QED) is 0.779. The molecule has 2 nitrogen and oxygen atoms in total. The standard InChI is InChI=1S/C18H23NOS2/c1-14(19-22(20)18(2,3)4)17-10-6-5-8-15(17)11-12-16-9-7-13-21-16/h5-14,19H,1-4H3/b12-11+/t14-,22?/m0/s1. The molecule has 0 fully saturated rings. The largest absolute Gasteiger partial charge is 0.598 e. The average molecular weight is 334 g/mol. The van der Waals surface area contributed by atoms with Gasteiger partial charge in [0, 0.05) is 16.2 Å². The molecule has 1 aromatic heterocycles. The Bertz CT molecular complexity index is 614. The molecule has 0 aliphatic carbocycles. The van der Waals surface area contributed by atoms with Crippen LogP contribution in [0.5, 0.6) is 0 Å². The van der Waals surface area contributed by atoms with Crippen LogP contribution < -0.4 is 4.72 Å². The molecule has 1 N–H and O–H groups in total. The minimum absolute atomic E-state index is 0.0317. The van der Waals surface area contributed by atoms with Gasteiger partial charge in [0.1, 0.15) is 4.75 Å². The normalized spacial score (nSPS) is 15.1. The lowest BCUT2D eigenvalue weighted by Gasteiger charge is -2.27. The van der Waals surface area contributed by atoms with Crippen LogP contribution in [0.2, 0.25) is 0 Å². The molecule has 0 saturated heterocycles. The van der Waals surface area contributed by atoms with E-state index in [4.69, 9.17) is 0 Å². The Kier molecular flexibility index (Phi) is 5.87. The summed E-state index contributed by atoms with van der Waals surface area (Å²) in [6, 6.07) is 12.4. The third-order valence-corrected chi connectivity index (χ3v) is 5.79. The smallest absolute Gasteiger partial charge is 0.136 e. The van der Waals surface area contributed by atoms with E-state index in [1.54, 1.807) is 11.3 Å². The van der Waals surface area contributed by atoms with Crippen molar-refractivity contribution in [2.24, 2.45) is 0 Å². The van der Waals surface area contributed by atoms with Crippen LogP contribution in [0.3, 0.4) is 0 Å². The van der Waals surface area contributed by atoms with E-state index in [2.05, 4.69) is 47.4 Å². The van der Waals surface area contributed by atoms with Gasteiger partial charge in [-0.2, -0.15) is 0 Å². The maximum Gasteiger partial charge on any atom is 0.136 e. The summed E-state index contributed by atoms with van der Waals surface area (Å²) in [5.74, 6) is 0. The summed E-state index contributed by atoms with van der Waals surface area (Å²) in [6.07, 6.45) is 4.25. The Labute approximate surface area is 140 Å². The van der Waals surface area contributed by atoms with Gasteiger partial charge in [-0.15, -0.1) is 16.1 Å². The second kappa shape index (κ2) is 7.47. The molecule has 1 aromatic carbocycles. The Balaban J connectivity index is 2.17. The van der Waals surface area contributed by atoms with Gasteiger partial charge >= 0.3 is 0 Å². The molecule has 0 aliphatic heterocycles. The van der Waals surface area contributed by atoms with Crippen molar-refractivity contribution in [1.29, 1.82) is 0 Å². The zero-order valence-electron chi connectivity index (χ0n) is 13.5. The minimum Gasteiger partial charge on any atom is -0.598 e. The van der Waals surface area contributed by atoms with E-state index < -0.39 is 11.4 Å². The lowest BCUT2D eigenvalue weighted by molar-refractivity contribution is 0.531. The third kappa shape index (κ3) is 4.71. The molecule has 1 heterocycles. The maximum absolute atomic E-state index is 12.3. The predicted molar refractivity (Wildman–Crippen MR) is 99.1 cm³/mol. The molecule has 22 heavy (non-hydrogen) atoms. The summed E-state index contributed by atoms with van der Waals surface area (Å²) in [5.41, 5.74) is 2.31. The van der Waals surface area contributed by atoms with E-state index >= 15 is 0 Å². The number of hydrogen-bond donors (Lipinski definition) is 1. The van der Waals surface area contributed by atoms with Gasteiger partial charge in [0.2, 0.25) is 0 Å². The number of hydrogen-bond acceptors (Lipinski definition) is 3. The van der Waals surface area contributed by atoms with Crippen molar-refractivity contribution in [3.63, 3.8) is 0 Å². The van der Waals surface area contributed by atoms with Gasteiger partial charge in [-0.05, 0) is 56.3 Å². The zero-order chi connectivity index (χ0) is 16.2. The molecule has 0 aliphatic rings. The Morgan fingerprint density at radius 3 is 2.50 bits per heavy atom. The van der Waals surface area contributed by atoms with E-state index in [-0.39, 0.29) is 10.8 Å². The molecule has 118 valence electrons. The van der Waals surface area contributed by atoms with Crippen LogP contribution in [0.1, 0.15) is 49.7 Å². The number of nitrogens with one attached hydrogen (secondary N) is 1. The SMILES string of the molecule is C[C@H](N[S+]([O-])C(C)(C)C)c1ccccc1/C=C/c1cccs1. The molecular weight excluding hydrogens is 310 g/mol. The highest BCUT2D eigenvalue weighted by molar-refractivity contribution is 7.90. The van der Waals surface area contributed by atoms with Crippen molar-refractivity contribution in [3.8, 4) is 0 Å². The summed E-state index contributed by atoms with van der Waals surface area (Å²) in [4.78, 5) is 1.23. The minimum atomic E-state index is -1.08. The first-order valence-electron chi connectivity index (χ1n) is 7.36. The lowest BCUT2D eigenvalue weighted by Crippen LogP contribution is -2.40. The van der Waals surface area contributed by atoms with E-state index in [1.165, 1.54) is 4.88 Å². The molecule has 0 radical (unpaired) electrons. The van der Waals surface area contributed by atoms with Gasteiger partial charge in [-0.1, -0.05) is 36.4 Å². The highest BCUT2D eigenvalue weighted by Gasteiger charge is 2.28. The Morgan fingerprint density at radius 1 is 1.14 bits per heavy atom. The molecular formula is C18H23NOS2. The first-order valence-corrected chi connectivity index (χ1v) is 9.39. The number of thiophene rings is 1. The van der Waals surface area contributed by atoms with Crippen molar-refractivity contribution >= 4 is 34.9 Å². The van der Waals surface area contributed by atoms with Crippen LogP contribution in [0.25, 0.3) is 12.2 Å². The maximum atomic E-state index is 12.3. The topological polar surface area (TPSA) is 35.1 Å². The van der Waals surface area contributed by atoms with Crippen LogP contribution in [-0.4, -0.2) is 9.30 Å². The van der Waals surface area contributed by atoms with Crippen molar-refractivity contribution < 1.29 is 4.55 Å². The molecule has 1 unspecified atom stereocenters. The molecule has 2 atom stereocenters. The van der Waals surface area contributed by atoms with Crippen LogP contribution in [0.4, 0.5) is 0 Å². The highest BCUT2D eigenvalue weighted by atomic mass is 32.2. The average Bonchev–Trinajstić information content (AvgIpc) is 2.97. The molecule has 0 bridgehead atoms. The number of rotatable bonds is 5. The number of benzene rings is 1. The van der Waals surface area contributed by atoms with E-state index in [1.807, 2.05) is 39.0 Å². The summed E-state index contributed by atoms with van der Waals surface area (Å²) in [7, 11) is 0. The molecule has 0 amide bonds. The lowest BCUT2D eigenvalue weighted by atomic mass is 10.0.